The maximum Gasteiger partial charge on any atom is 0.192 e. The monoisotopic (exact) mass is 475 g/mol. The van der Waals surface area contributed by atoms with Crippen LogP contribution in [0.25, 0.3) is 10.8 Å². The molecular weight excluding hydrogens is 442 g/mol. The Morgan fingerprint density at radius 3 is 2.41 bits per heavy atom. The number of rotatable bonds is 9. The molecule has 0 saturated carbocycles. The lowest BCUT2D eigenvalue weighted by molar-refractivity contribution is -0.0205. The molecule has 5 heteroatoms. The second kappa shape index (κ2) is 9.76. The van der Waals surface area contributed by atoms with Gasteiger partial charge in [-0.3, -0.25) is 0 Å². The van der Waals surface area contributed by atoms with E-state index in [2.05, 4.69) is 92.1 Å². The van der Waals surface area contributed by atoms with E-state index in [4.69, 9.17) is 9.26 Å². The summed E-state index contributed by atoms with van der Waals surface area (Å²) < 4.78 is 7.94. The Labute approximate surface area is 185 Å². The van der Waals surface area contributed by atoms with Crippen molar-refractivity contribution in [2.24, 2.45) is 11.1 Å². The zero-order valence-corrected chi connectivity index (χ0v) is 21.0. The van der Waals surface area contributed by atoms with Crippen LogP contribution in [-0.2, 0) is 15.7 Å². The van der Waals surface area contributed by atoms with E-state index in [1.165, 1.54) is 20.8 Å². The van der Waals surface area contributed by atoms with E-state index in [0.29, 0.717) is 0 Å². The molecule has 158 valence electrons. The predicted octanol–water partition coefficient (Wildman–Crippen LogP) is 7.34. The number of nitrogens with zero attached hydrogens (tertiary/aromatic N) is 1. The van der Waals surface area contributed by atoms with Crippen molar-refractivity contribution >= 4 is 40.7 Å². The fourth-order valence-electron chi connectivity index (χ4n) is 4.57. The second-order valence-corrected chi connectivity index (χ2v) is 13.7. The minimum Gasteiger partial charge on any atom is -0.410 e. The van der Waals surface area contributed by atoms with Crippen LogP contribution < -0.4 is 0 Å². The summed E-state index contributed by atoms with van der Waals surface area (Å²) in [5.41, 5.74) is 2.46. The van der Waals surface area contributed by atoms with Crippen LogP contribution in [0.5, 0.6) is 0 Å². The van der Waals surface area contributed by atoms with Crippen molar-refractivity contribution in [3.05, 3.63) is 46.4 Å². The van der Waals surface area contributed by atoms with E-state index in [1.54, 1.807) is 0 Å². The van der Waals surface area contributed by atoms with E-state index >= 15 is 0 Å². The van der Waals surface area contributed by atoms with Gasteiger partial charge in [-0.15, -0.1) is 0 Å². The molecule has 0 N–H and O–H groups in total. The topological polar surface area (TPSA) is 30.8 Å². The fourth-order valence-corrected chi connectivity index (χ4v) is 8.15. The molecule has 0 amide bonds. The third-order valence-electron chi connectivity index (χ3n) is 6.69. The summed E-state index contributed by atoms with van der Waals surface area (Å²) in [5.74, 6) is 0.254. The Balaban J connectivity index is 1.85. The van der Waals surface area contributed by atoms with Crippen LogP contribution in [0.3, 0.4) is 0 Å². The molecule has 0 radical (unpaired) electrons. The molecule has 2 aromatic rings. The maximum absolute atomic E-state index is 6.76. The zero-order chi connectivity index (χ0) is 21.0. The highest BCUT2D eigenvalue weighted by Gasteiger charge is 2.41. The minimum atomic E-state index is -1.69. The molecule has 2 aromatic carbocycles. The maximum atomic E-state index is 6.76. The summed E-state index contributed by atoms with van der Waals surface area (Å²) in [4.78, 5) is 5.98. The molecular formula is C24H34BrNO2Si. The first-order valence-corrected chi connectivity index (χ1v) is 14.4. The number of hydrogen-bond donors (Lipinski definition) is 0. The van der Waals surface area contributed by atoms with E-state index in [1.807, 2.05) is 0 Å². The summed E-state index contributed by atoms with van der Waals surface area (Å²) in [6.07, 6.45) is 1.87. The highest BCUT2D eigenvalue weighted by atomic mass is 79.9. The van der Waals surface area contributed by atoms with Crippen molar-refractivity contribution in [2.75, 3.05) is 0 Å². The molecule has 3 nitrogen and oxygen atoms in total. The summed E-state index contributed by atoms with van der Waals surface area (Å²) in [6.45, 7) is 11.2. The largest absolute Gasteiger partial charge is 0.410 e. The van der Waals surface area contributed by atoms with Gasteiger partial charge in [0, 0.05) is 10.4 Å². The molecule has 1 heterocycles. The van der Waals surface area contributed by atoms with Crippen molar-refractivity contribution in [3.63, 3.8) is 0 Å². The minimum absolute atomic E-state index is 0.0140. The first kappa shape index (κ1) is 22.5. The van der Waals surface area contributed by atoms with Gasteiger partial charge in [0.05, 0.1) is 11.8 Å². The van der Waals surface area contributed by atoms with Crippen molar-refractivity contribution in [1.82, 2.24) is 0 Å². The van der Waals surface area contributed by atoms with Gasteiger partial charge in [0.2, 0.25) is 0 Å². The van der Waals surface area contributed by atoms with Gasteiger partial charge in [0.25, 0.3) is 0 Å². The summed E-state index contributed by atoms with van der Waals surface area (Å²) >= 11 is 3.87. The second-order valence-electron chi connectivity index (χ2n) is 8.14. The number of fused-ring (bicyclic) bond motifs is 1. The molecule has 0 aromatic heterocycles. The Morgan fingerprint density at radius 1 is 1.07 bits per heavy atom. The van der Waals surface area contributed by atoms with E-state index in [-0.39, 0.29) is 18.1 Å². The van der Waals surface area contributed by atoms with Gasteiger partial charge in [-0.25, -0.2) is 0 Å². The lowest BCUT2D eigenvalue weighted by Crippen LogP contribution is -2.45. The molecule has 0 unspecified atom stereocenters. The van der Waals surface area contributed by atoms with Crippen LogP contribution in [0.4, 0.5) is 0 Å². The van der Waals surface area contributed by atoms with E-state index < -0.39 is 8.32 Å². The average Bonchev–Trinajstić information content (AvgIpc) is 3.17. The van der Waals surface area contributed by atoms with Crippen molar-refractivity contribution in [1.29, 1.82) is 0 Å². The summed E-state index contributed by atoms with van der Waals surface area (Å²) in [5, 5.41) is 6.99. The fraction of sp³-hybridized carbons (Fsp3) is 0.542. The molecule has 1 aliphatic rings. The standard InChI is InChI=1S/C24H34BrNO2Si/c1-6-22-21(16-19-15-14-18-12-10-11-13-20(18)23(19)25)24(27-26-22)17(5)28-29(7-2,8-3)9-4/h10-15,17,21,24H,6-9,16H2,1-5H3/t17-,21-,24+/m1/s1. The van der Waals surface area contributed by atoms with Gasteiger partial charge in [0.1, 0.15) is 0 Å². The van der Waals surface area contributed by atoms with E-state index in [0.717, 1.165) is 36.7 Å². The van der Waals surface area contributed by atoms with Crippen LogP contribution in [0.1, 0.15) is 46.6 Å². The molecule has 0 spiro atoms. The Hall–Kier alpha value is -1.17. The van der Waals surface area contributed by atoms with Crippen LogP contribution in [-0.4, -0.2) is 26.2 Å². The SMILES string of the molecule is CCC1=NO[C@@H]([C@@H](C)O[Si](CC)(CC)CC)[C@@H]1Cc1ccc2ccccc2c1Br. The number of oxime groups is 1. The molecule has 3 rings (SSSR count). The normalized spacial score (nSPS) is 20.6. The Morgan fingerprint density at radius 2 is 1.76 bits per heavy atom. The molecule has 29 heavy (non-hydrogen) atoms. The highest BCUT2D eigenvalue weighted by molar-refractivity contribution is 9.10. The predicted molar refractivity (Wildman–Crippen MR) is 129 cm³/mol. The van der Waals surface area contributed by atoms with Gasteiger partial charge >= 0.3 is 0 Å². The summed E-state index contributed by atoms with van der Waals surface area (Å²) in [7, 11) is -1.69. The zero-order valence-electron chi connectivity index (χ0n) is 18.4. The molecule has 1 aliphatic heterocycles. The third-order valence-corrected chi connectivity index (χ3v) is 12.4. The number of hydrogen-bond acceptors (Lipinski definition) is 3. The summed E-state index contributed by atoms with van der Waals surface area (Å²) in [6, 6.07) is 16.4. The van der Waals surface area contributed by atoms with Crippen molar-refractivity contribution < 1.29 is 9.26 Å². The van der Waals surface area contributed by atoms with Crippen LogP contribution in [0, 0.1) is 5.92 Å². The molecule has 0 aliphatic carbocycles. The first-order chi connectivity index (χ1) is 14.0. The smallest absolute Gasteiger partial charge is 0.192 e. The first-order valence-electron chi connectivity index (χ1n) is 11.0. The van der Waals surface area contributed by atoms with Crippen LogP contribution >= 0.6 is 15.9 Å². The Kier molecular flexibility index (Phi) is 7.57. The highest BCUT2D eigenvalue weighted by Crippen LogP contribution is 2.35. The van der Waals surface area contributed by atoms with Gasteiger partial charge < -0.3 is 9.26 Å². The molecule has 3 atom stereocenters. The van der Waals surface area contributed by atoms with Crippen LogP contribution in [0.15, 0.2) is 46.0 Å². The van der Waals surface area contributed by atoms with Gasteiger partial charge in [-0.2, -0.15) is 0 Å². The Bertz CT molecular complexity index is 857. The lowest BCUT2D eigenvalue weighted by Gasteiger charge is -2.35. The number of halogens is 1. The van der Waals surface area contributed by atoms with E-state index in [9.17, 15) is 0 Å². The van der Waals surface area contributed by atoms with Crippen molar-refractivity contribution in [2.45, 2.75) is 77.8 Å². The molecule has 0 bridgehead atoms. The quantitative estimate of drug-likeness (QED) is 0.355. The molecule has 0 saturated heterocycles. The molecule has 0 fully saturated rings. The van der Waals surface area contributed by atoms with Crippen LogP contribution in [0.2, 0.25) is 18.1 Å². The van der Waals surface area contributed by atoms with Gasteiger partial charge in [0.15, 0.2) is 14.4 Å². The van der Waals surface area contributed by atoms with Gasteiger partial charge in [-0.05, 0) is 70.2 Å². The van der Waals surface area contributed by atoms with Crippen molar-refractivity contribution in [3.8, 4) is 0 Å². The average molecular weight is 477 g/mol. The van der Waals surface area contributed by atoms with Gasteiger partial charge in [-0.1, -0.05) is 69.2 Å². The lowest BCUT2D eigenvalue weighted by atomic mass is 9.86. The third kappa shape index (κ3) is 4.62. The number of benzene rings is 2.